The Balaban J connectivity index is 2.29. The lowest BCUT2D eigenvalue weighted by Gasteiger charge is -2.23. The van der Waals surface area contributed by atoms with Crippen LogP contribution in [0.15, 0.2) is 35.0 Å². The van der Waals surface area contributed by atoms with Gasteiger partial charge in [0.15, 0.2) is 4.75 Å². The highest BCUT2D eigenvalue weighted by atomic mass is 32.2. The van der Waals surface area contributed by atoms with E-state index >= 15 is 0 Å². The quantitative estimate of drug-likeness (QED) is 0.797. The Kier molecular flexibility index (Phi) is 2.62. The normalized spacial score (nSPS) is 21.6. The first-order valence-corrected chi connectivity index (χ1v) is 8.30. The highest BCUT2D eigenvalue weighted by molar-refractivity contribution is 7.88. The molecule has 1 aliphatic rings. The molecule has 0 radical (unpaired) electrons. The highest BCUT2D eigenvalue weighted by Gasteiger charge is 2.53. The Hall–Kier alpha value is -0.690. The monoisotopic (exact) mass is 286 g/mol. The third-order valence-electron chi connectivity index (χ3n) is 2.96. The van der Waals surface area contributed by atoms with Crippen LogP contribution in [0.5, 0.6) is 0 Å². The van der Waals surface area contributed by atoms with Crippen molar-refractivity contribution in [3.05, 3.63) is 44.8 Å². The molecule has 3 heterocycles. The minimum atomic E-state index is -3.57. The summed E-state index contributed by atoms with van der Waals surface area (Å²) in [7, 11) is -3.57. The zero-order valence-electron chi connectivity index (χ0n) is 8.83. The fraction of sp³-hybridized carbons (Fsp3) is 0.273. The molecule has 1 fully saturated rings. The van der Waals surface area contributed by atoms with Crippen molar-refractivity contribution in [2.24, 2.45) is 0 Å². The second-order valence-corrected chi connectivity index (χ2v) is 7.54. The van der Waals surface area contributed by atoms with Gasteiger partial charge in [0.25, 0.3) is 10.1 Å². The van der Waals surface area contributed by atoms with Crippen molar-refractivity contribution in [3.63, 3.8) is 0 Å². The molecule has 0 aromatic carbocycles. The molecule has 2 aromatic rings. The maximum atomic E-state index is 12.3. The van der Waals surface area contributed by atoms with Crippen molar-refractivity contribution in [1.82, 2.24) is 0 Å². The molecule has 3 nitrogen and oxygen atoms in total. The molecular formula is C11H10O3S3. The molecule has 0 N–H and O–H groups in total. The van der Waals surface area contributed by atoms with Gasteiger partial charge in [0.2, 0.25) is 0 Å². The predicted octanol–water partition coefficient (Wildman–Crippen LogP) is 2.80. The maximum absolute atomic E-state index is 12.3. The van der Waals surface area contributed by atoms with Crippen LogP contribution in [0.1, 0.15) is 16.2 Å². The van der Waals surface area contributed by atoms with Gasteiger partial charge in [0.1, 0.15) is 0 Å². The summed E-state index contributed by atoms with van der Waals surface area (Å²) >= 11 is 2.93. The Morgan fingerprint density at radius 3 is 2.06 bits per heavy atom. The highest BCUT2D eigenvalue weighted by Crippen LogP contribution is 2.49. The Labute approximate surface area is 108 Å². The molecule has 0 aliphatic carbocycles. The molecule has 90 valence electrons. The van der Waals surface area contributed by atoms with Gasteiger partial charge in [-0.2, -0.15) is 8.42 Å². The van der Waals surface area contributed by atoms with E-state index in [4.69, 9.17) is 4.18 Å². The van der Waals surface area contributed by atoms with E-state index in [0.29, 0.717) is 6.42 Å². The zero-order valence-corrected chi connectivity index (χ0v) is 11.3. The van der Waals surface area contributed by atoms with Crippen LogP contribution in [-0.4, -0.2) is 15.0 Å². The number of rotatable bonds is 2. The fourth-order valence-corrected chi connectivity index (χ4v) is 6.31. The van der Waals surface area contributed by atoms with Crippen LogP contribution < -0.4 is 0 Å². The molecule has 0 amide bonds. The summed E-state index contributed by atoms with van der Waals surface area (Å²) < 4.78 is 28.6. The summed E-state index contributed by atoms with van der Waals surface area (Å²) in [6.45, 7) is 0.262. The zero-order chi connectivity index (χ0) is 11.9. The molecule has 0 unspecified atom stereocenters. The summed E-state index contributed by atoms with van der Waals surface area (Å²) in [6.07, 6.45) is 0.496. The Bertz CT molecular complexity index is 562. The average Bonchev–Trinajstić information content (AvgIpc) is 2.96. The van der Waals surface area contributed by atoms with E-state index < -0.39 is 14.9 Å². The molecule has 17 heavy (non-hydrogen) atoms. The van der Waals surface area contributed by atoms with E-state index in [1.165, 1.54) is 22.7 Å². The van der Waals surface area contributed by atoms with Crippen LogP contribution in [0.25, 0.3) is 0 Å². The van der Waals surface area contributed by atoms with Crippen LogP contribution in [0, 0.1) is 0 Å². The summed E-state index contributed by atoms with van der Waals surface area (Å²) in [5.74, 6) is 0. The second kappa shape index (κ2) is 3.91. The number of hydrogen-bond donors (Lipinski definition) is 0. The third kappa shape index (κ3) is 1.52. The first-order chi connectivity index (χ1) is 8.17. The first kappa shape index (κ1) is 11.4. The smallest absolute Gasteiger partial charge is 0.269 e. The van der Waals surface area contributed by atoms with Crippen LogP contribution in [-0.2, 0) is 19.0 Å². The summed E-state index contributed by atoms with van der Waals surface area (Å²) in [6, 6.07) is 7.50. The van der Waals surface area contributed by atoms with Crippen LogP contribution >= 0.6 is 22.7 Å². The number of hydrogen-bond acceptors (Lipinski definition) is 5. The molecule has 0 atom stereocenters. The third-order valence-corrected chi connectivity index (χ3v) is 7.25. The summed E-state index contributed by atoms with van der Waals surface area (Å²) in [4.78, 5) is 1.69. The van der Waals surface area contributed by atoms with Crippen molar-refractivity contribution in [3.8, 4) is 0 Å². The number of thiophene rings is 2. The molecular weight excluding hydrogens is 276 g/mol. The van der Waals surface area contributed by atoms with Crippen molar-refractivity contribution >= 4 is 32.8 Å². The van der Waals surface area contributed by atoms with E-state index in [9.17, 15) is 8.42 Å². The molecule has 0 spiro atoms. The van der Waals surface area contributed by atoms with Crippen molar-refractivity contribution in [2.75, 3.05) is 6.61 Å². The van der Waals surface area contributed by atoms with Gasteiger partial charge in [-0.3, -0.25) is 4.18 Å². The molecule has 2 aromatic heterocycles. The van der Waals surface area contributed by atoms with Gasteiger partial charge in [-0.05, 0) is 22.9 Å². The van der Waals surface area contributed by atoms with Gasteiger partial charge in [-0.1, -0.05) is 12.1 Å². The van der Waals surface area contributed by atoms with Gasteiger partial charge in [0, 0.05) is 16.2 Å². The van der Waals surface area contributed by atoms with Gasteiger partial charge in [-0.15, -0.1) is 22.7 Å². The fourth-order valence-electron chi connectivity index (χ4n) is 2.15. The standard InChI is InChI=1S/C11H10O3S3/c12-17(13)11(5-6-14-17,9-3-1-7-15-9)10-4-2-8-16-10/h1-4,7-8H,5-6H2. The molecule has 3 rings (SSSR count). The van der Waals surface area contributed by atoms with Crippen LogP contribution in [0.2, 0.25) is 0 Å². The van der Waals surface area contributed by atoms with Gasteiger partial charge in [0.05, 0.1) is 6.61 Å². The van der Waals surface area contributed by atoms with E-state index in [1.54, 1.807) is 0 Å². The summed E-state index contributed by atoms with van der Waals surface area (Å²) in [5, 5.41) is 3.80. The topological polar surface area (TPSA) is 43.4 Å². The van der Waals surface area contributed by atoms with Crippen molar-refractivity contribution in [1.29, 1.82) is 0 Å². The lowest BCUT2D eigenvalue weighted by Crippen LogP contribution is -2.30. The van der Waals surface area contributed by atoms with Gasteiger partial charge in [-0.25, -0.2) is 0 Å². The largest absolute Gasteiger partial charge is 0.283 e. The Morgan fingerprint density at radius 1 is 1.12 bits per heavy atom. The molecule has 6 heteroatoms. The lowest BCUT2D eigenvalue weighted by molar-refractivity contribution is 0.354. The van der Waals surface area contributed by atoms with Crippen molar-refractivity contribution < 1.29 is 12.6 Å². The minimum Gasteiger partial charge on any atom is -0.269 e. The molecule has 1 saturated heterocycles. The van der Waals surface area contributed by atoms with E-state index in [2.05, 4.69) is 0 Å². The van der Waals surface area contributed by atoms with Gasteiger partial charge >= 0.3 is 0 Å². The minimum absolute atomic E-state index is 0.262. The molecule has 0 bridgehead atoms. The van der Waals surface area contributed by atoms with E-state index in [1.807, 2.05) is 35.0 Å². The molecule has 1 aliphatic heterocycles. The predicted molar refractivity (Wildman–Crippen MR) is 68.9 cm³/mol. The van der Waals surface area contributed by atoms with Crippen LogP contribution in [0.4, 0.5) is 0 Å². The first-order valence-electron chi connectivity index (χ1n) is 5.14. The van der Waals surface area contributed by atoms with E-state index in [0.717, 1.165) is 9.75 Å². The van der Waals surface area contributed by atoms with Crippen LogP contribution in [0.3, 0.4) is 0 Å². The SMILES string of the molecule is O=S1(=O)OCCC1(c1cccs1)c1cccs1. The Morgan fingerprint density at radius 2 is 1.71 bits per heavy atom. The van der Waals surface area contributed by atoms with Gasteiger partial charge < -0.3 is 0 Å². The lowest BCUT2D eigenvalue weighted by atomic mass is 10.0. The average molecular weight is 286 g/mol. The maximum Gasteiger partial charge on any atom is 0.283 e. The van der Waals surface area contributed by atoms with E-state index in [-0.39, 0.29) is 6.61 Å². The second-order valence-electron chi connectivity index (χ2n) is 3.81. The molecule has 0 saturated carbocycles. The summed E-state index contributed by atoms with van der Waals surface area (Å²) in [5.41, 5.74) is 0. The van der Waals surface area contributed by atoms with Crippen molar-refractivity contribution in [2.45, 2.75) is 11.2 Å².